The molecule has 0 saturated heterocycles. The molecule has 0 fully saturated rings. The summed E-state index contributed by atoms with van der Waals surface area (Å²) in [5.74, 6) is 3.66. The van der Waals surface area contributed by atoms with Crippen molar-refractivity contribution in [3.05, 3.63) is 59.4 Å². The van der Waals surface area contributed by atoms with Gasteiger partial charge in [0.05, 0.1) is 0 Å². The summed E-state index contributed by atoms with van der Waals surface area (Å²) >= 11 is 0. The molecule has 0 N–H and O–H groups in total. The molecule has 1 heterocycles. The number of pyridine rings is 1. The number of aromatic nitrogens is 1. The summed E-state index contributed by atoms with van der Waals surface area (Å²) in [6.07, 6.45) is 3.51. The predicted octanol–water partition coefficient (Wildman–Crippen LogP) is 2.52. The van der Waals surface area contributed by atoms with E-state index in [1.54, 1.807) is 30.7 Å². The summed E-state index contributed by atoms with van der Waals surface area (Å²) in [5, 5.41) is 0. The molecule has 2 aromatic rings. The largest absolute Gasteiger partial charge is 0.294 e. The van der Waals surface area contributed by atoms with E-state index in [9.17, 15) is 9.00 Å². The lowest BCUT2D eigenvalue weighted by Gasteiger charge is -2.05. The third-order valence-corrected chi connectivity index (χ3v) is 4.29. The summed E-state index contributed by atoms with van der Waals surface area (Å²) in [4.78, 5) is 16.9. The number of ketones is 1. The number of benzene rings is 1. The molecule has 4 heteroatoms. The fraction of sp³-hybridized carbons (Fsp3) is 0.188. The van der Waals surface area contributed by atoms with Crippen LogP contribution in [0.1, 0.15) is 21.6 Å². The molecule has 0 saturated carbocycles. The predicted molar refractivity (Wildman–Crippen MR) is 82.9 cm³/mol. The van der Waals surface area contributed by atoms with Crippen LogP contribution >= 0.6 is 0 Å². The van der Waals surface area contributed by atoms with Crippen LogP contribution in [0.15, 0.2) is 47.5 Å². The highest BCUT2D eigenvalue weighted by Gasteiger charge is 2.08. The molecule has 3 nitrogen and oxygen atoms in total. The Morgan fingerprint density at radius 3 is 2.35 bits per heavy atom. The van der Waals surface area contributed by atoms with Crippen LogP contribution in [0.3, 0.4) is 0 Å². The van der Waals surface area contributed by atoms with E-state index < -0.39 is 9.52 Å². The standard InChI is InChI=1S/C16H17NO2S/c1-12-4-7-14(11-17-12)16(18)10-13-5-8-15(9-6-13)20(2,3)19/h4-9,11H,2,10H2,1,3H3. The van der Waals surface area contributed by atoms with Crippen molar-refractivity contribution in [1.82, 2.24) is 4.98 Å². The van der Waals surface area contributed by atoms with Crippen LogP contribution in [0.25, 0.3) is 0 Å². The summed E-state index contributed by atoms with van der Waals surface area (Å²) in [6.45, 7) is 1.88. The van der Waals surface area contributed by atoms with Crippen molar-refractivity contribution in [2.45, 2.75) is 18.2 Å². The zero-order valence-electron chi connectivity index (χ0n) is 11.6. The number of nitrogens with zero attached hydrogens (tertiary/aromatic N) is 1. The summed E-state index contributed by atoms with van der Waals surface area (Å²) < 4.78 is 11.8. The van der Waals surface area contributed by atoms with Gasteiger partial charge in [0.25, 0.3) is 0 Å². The molecule has 20 heavy (non-hydrogen) atoms. The first-order valence-electron chi connectivity index (χ1n) is 6.23. The van der Waals surface area contributed by atoms with Gasteiger partial charge in [0.2, 0.25) is 0 Å². The van der Waals surface area contributed by atoms with Gasteiger partial charge in [0.15, 0.2) is 5.78 Å². The summed E-state index contributed by atoms with van der Waals surface area (Å²) in [7, 11) is -2.20. The van der Waals surface area contributed by atoms with Crippen molar-refractivity contribution in [3.8, 4) is 0 Å². The average Bonchev–Trinajstić information content (AvgIpc) is 2.39. The number of Topliss-reactive ketones (excluding diaryl/α,β-unsaturated/α-hetero) is 1. The van der Waals surface area contributed by atoms with Gasteiger partial charge in [0.1, 0.15) is 0 Å². The van der Waals surface area contributed by atoms with E-state index in [1.165, 1.54) is 0 Å². The third kappa shape index (κ3) is 3.54. The van der Waals surface area contributed by atoms with Crippen molar-refractivity contribution >= 4 is 21.2 Å². The van der Waals surface area contributed by atoms with Crippen LogP contribution in [-0.2, 0) is 15.9 Å². The molecule has 104 valence electrons. The topological polar surface area (TPSA) is 47.0 Å². The fourth-order valence-electron chi connectivity index (χ4n) is 1.82. The minimum absolute atomic E-state index is 0.0251. The number of hydrogen-bond donors (Lipinski definition) is 0. The molecular weight excluding hydrogens is 270 g/mol. The second-order valence-electron chi connectivity index (χ2n) is 4.94. The lowest BCUT2D eigenvalue weighted by atomic mass is 10.0. The Morgan fingerprint density at radius 1 is 1.20 bits per heavy atom. The van der Waals surface area contributed by atoms with Crippen molar-refractivity contribution in [2.24, 2.45) is 0 Å². The van der Waals surface area contributed by atoms with Crippen molar-refractivity contribution < 1.29 is 9.00 Å². The van der Waals surface area contributed by atoms with Gasteiger partial charge < -0.3 is 0 Å². The molecule has 0 aliphatic heterocycles. The molecular formula is C16H17NO2S. The van der Waals surface area contributed by atoms with Crippen LogP contribution in [0, 0.1) is 6.92 Å². The second-order valence-corrected chi connectivity index (χ2v) is 7.42. The quantitative estimate of drug-likeness (QED) is 0.641. The highest BCUT2D eigenvalue weighted by Crippen LogP contribution is 2.12. The molecule has 1 aromatic carbocycles. The summed E-state index contributed by atoms with van der Waals surface area (Å²) in [5.41, 5.74) is 2.39. The Morgan fingerprint density at radius 2 is 1.85 bits per heavy atom. The Kier molecular flexibility index (Phi) is 4.04. The molecule has 1 aromatic heterocycles. The van der Waals surface area contributed by atoms with Crippen LogP contribution in [0.5, 0.6) is 0 Å². The van der Waals surface area contributed by atoms with Gasteiger partial charge in [-0.15, -0.1) is 0 Å². The maximum atomic E-state index is 12.1. The van der Waals surface area contributed by atoms with Crippen molar-refractivity contribution in [3.63, 3.8) is 0 Å². The molecule has 2 rings (SSSR count). The normalized spacial score (nSPS) is 13.7. The minimum atomic E-state index is -2.20. The third-order valence-electron chi connectivity index (χ3n) is 3.02. The first-order valence-corrected chi connectivity index (χ1v) is 8.37. The van der Waals surface area contributed by atoms with E-state index >= 15 is 0 Å². The smallest absolute Gasteiger partial charge is 0.168 e. The summed E-state index contributed by atoms with van der Waals surface area (Å²) in [6, 6.07) is 10.8. The van der Waals surface area contributed by atoms with Crippen molar-refractivity contribution in [2.75, 3.05) is 6.26 Å². The van der Waals surface area contributed by atoms with E-state index in [0.717, 1.165) is 11.3 Å². The number of carbonyl (C=O) groups is 1. The van der Waals surface area contributed by atoms with E-state index in [2.05, 4.69) is 10.9 Å². The first-order chi connectivity index (χ1) is 9.36. The van der Waals surface area contributed by atoms with Crippen molar-refractivity contribution in [1.29, 1.82) is 0 Å². The Bertz CT molecular complexity index is 714. The molecule has 1 unspecified atom stereocenters. The number of aryl methyl sites for hydroxylation is 1. The van der Waals surface area contributed by atoms with Gasteiger partial charge in [-0.3, -0.25) is 14.0 Å². The van der Waals surface area contributed by atoms with E-state index in [1.807, 2.05) is 25.1 Å². The van der Waals surface area contributed by atoms with E-state index in [0.29, 0.717) is 16.9 Å². The average molecular weight is 287 g/mol. The van der Waals surface area contributed by atoms with Gasteiger partial charge in [-0.2, -0.15) is 0 Å². The molecule has 0 aliphatic carbocycles. The van der Waals surface area contributed by atoms with Crippen LogP contribution in [0.2, 0.25) is 0 Å². The van der Waals surface area contributed by atoms with E-state index in [4.69, 9.17) is 0 Å². The zero-order valence-corrected chi connectivity index (χ0v) is 12.4. The Balaban J connectivity index is 2.14. The molecule has 0 spiro atoms. The molecule has 0 radical (unpaired) electrons. The van der Waals surface area contributed by atoms with E-state index in [-0.39, 0.29) is 5.78 Å². The van der Waals surface area contributed by atoms with Gasteiger partial charge in [-0.25, -0.2) is 0 Å². The Hall–Kier alpha value is -1.94. The highest BCUT2D eigenvalue weighted by atomic mass is 32.2. The first kappa shape index (κ1) is 14.5. The maximum Gasteiger partial charge on any atom is 0.168 e. The zero-order chi connectivity index (χ0) is 14.8. The number of carbonyl (C=O) groups excluding carboxylic acids is 1. The van der Waals surface area contributed by atoms with Gasteiger partial charge in [0, 0.05) is 35.0 Å². The molecule has 1 atom stereocenters. The number of hydrogen-bond acceptors (Lipinski definition) is 3. The lowest BCUT2D eigenvalue weighted by Crippen LogP contribution is -2.05. The molecule has 0 bridgehead atoms. The highest BCUT2D eigenvalue weighted by molar-refractivity contribution is 7.99. The monoisotopic (exact) mass is 287 g/mol. The lowest BCUT2D eigenvalue weighted by molar-refractivity contribution is 0.0992. The maximum absolute atomic E-state index is 12.1. The molecule has 0 aliphatic rings. The van der Waals surface area contributed by atoms with Crippen LogP contribution < -0.4 is 0 Å². The fourth-order valence-corrected chi connectivity index (χ4v) is 2.53. The molecule has 0 amide bonds. The second kappa shape index (κ2) is 5.59. The number of rotatable bonds is 4. The van der Waals surface area contributed by atoms with Gasteiger partial charge in [-0.1, -0.05) is 12.1 Å². The Labute approximate surface area is 119 Å². The van der Waals surface area contributed by atoms with Crippen LogP contribution in [-0.4, -0.2) is 27.1 Å². The minimum Gasteiger partial charge on any atom is -0.294 e. The van der Waals surface area contributed by atoms with Gasteiger partial charge >= 0.3 is 0 Å². The SMILES string of the molecule is C=S(C)(=O)c1ccc(CC(=O)c2ccc(C)nc2)cc1. The van der Waals surface area contributed by atoms with Gasteiger partial charge in [-0.05, 0) is 52.1 Å². The van der Waals surface area contributed by atoms with Crippen LogP contribution in [0.4, 0.5) is 0 Å².